The average molecular weight is 556 g/mol. The number of pyridine rings is 2. The minimum absolute atomic E-state index is 0.202. The summed E-state index contributed by atoms with van der Waals surface area (Å²) >= 11 is 0. The van der Waals surface area contributed by atoms with Crippen molar-refractivity contribution in [3.05, 3.63) is 65.9 Å². The Balaban J connectivity index is 1.58. The summed E-state index contributed by atoms with van der Waals surface area (Å²) in [6.45, 7) is 10.6. The highest BCUT2D eigenvalue weighted by molar-refractivity contribution is 6.13. The van der Waals surface area contributed by atoms with Crippen LogP contribution in [0.15, 0.2) is 54.7 Å². The van der Waals surface area contributed by atoms with Crippen molar-refractivity contribution >= 4 is 34.5 Å². The molecule has 41 heavy (non-hydrogen) atoms. The molecule has 0 bridgehead atoms. The topological polar surface area (TPSA) is 89.5 Å². The van der Waals surface area contributed by atoms with Crippen LogP contribution in [0.25, 0.3) is 11.0 Å². The Bertz CT molecular complexity index is 1430. The number of ketones is 1. The molecule has 5 unspecified atom stereocenters. The molecule has 1 saturated carbocycles. The lowest BCUT2D eigenvalue weighted by Gasteiger charge is -2.38. The number of esters is 1. The Morgan fingerprint density at radius 2 is 1.80 bits per heavy atom. The van der Waals surface area contributed by atoms with Crippen molar-refractivity contribution in [3.8, 4) is 0 Å². The van der Waals surface area contributed by atoms with E-state index in [0.29, 0.717) is 46.8 Å². The number of ether oxygens (including phenoxy) is 1. The number of hydrogen-bond donors (Lipinski definition) is 0. The number of carbonyl (C=O) groups excluding carboxylic acids is 3. The van der Waals surface area contributed by atoms with Gasteiger partial charge in [0.2, 0.25) is 0 Å². The number of hydrogen-bond acceptors (Lipinski definition) is 6. The lowest BCUT2D eigenvalue weighted by atomic mass is 9.75. The Morgan fingerprint density at radius 3 is 2.56 bits per heavy atom. The summed E-state index contributed by atoms with van der Waals surface area (Å²) in [6.07, 6.45) is 5.17. The van der Waals surface area contributed by atoms with Crippen LogP contribution in [0.3, 0.4) is 0 Å². The summed E-state index contributed by atoms with van der Waals surface area (Å²) < 4.78 is 6.31. The molecule has 2 aliphatic rings. The van der Waals surface area contributed by atoms with Crippen LogP contribution in [0.1, 0.15) is 88.7 Å². The van der Waals surface area contributed by atoms with Gasteiger partial charge in [0.1, 0.15) is 23.6 Å². The zero-order chi connectivity index (χ0) is 29.3. The van der Waals surface area contributed by atoms with E-state index in [0.717, 1.165) is 24.6 Å². The Labute approximate surface area is 242 Å². The number of anilines is 1. The van der Waals surface area contributed by atoms with Crippen molar-refractivity contribution < 1.29 is 19.1 Å². The predicted octanol–water partition coefficient (Wildman–Crippen LogP) is 6.96. The number of Topliss-reactive ketones (excluding diaryl/α,β-unsaturated/α-hetero) is 1. The third-order valence-corrected chi connectivity index (χ3v) is 8.82. The largest absolute Gasteiger partial charge is 0.461 e. The molecule has 5 atom stereocenters. The third-order valence-electron chi connectivity index (χ3n) is 8.82. The van der Waals surface area contributed by atoms with Crippen LogP contribution in [-0.2, 0) is 14.3 Å². The van der Waals surface area contributed by atoms with Gasteiger partial charge in [0.25, 0.3) is 5.91 Å². The number of fused-ring (bicyclic) bond motifs is 2. The molecule has 1 aliphatic carbocycles. The molecule has 7 nitrogen and oxygen atoms in total. The summed E-state index contributed by atoms with van der Waals surface area (Å²) in [5, 5.41) is 0.840. The highest BCUT2D eigenvalue weighted by Gasteiger charge is 2.49. The number of amides is 1. The van der Waals surface area contributed by atoms with Crippen LogP contribution < -0.4 is 4.90 Å². The van der Waals surface area contributed by atoms with Gasteiger partial charge in [-0.25, -0.2) is 9.97 Å². The van der Waals surface area contributed by atoms with Gasteiger partial charge < -0.3 is 4.74 Å². The maximum absolute atomic E-state index is 14.3. The van der Waals surface area contributed by atoms with Gasteiger partial charge in [-0.1, -0.05) is 59.2 Å². The number of aromatic nitrogens is 2. The molecule has 5 rings (SSSR count). The lowest BCUT2D eigenvalue weighted by Crippen LogP contribution is -2.44. The standard InChI is InChI=1S/C34H41N3O4/c1-20(2)12-16-27(38)30(34(40)41-28-19-22(5)13-15-24(28)21(3)4)31-25-10-6-7-11-26(25)33(39)37(31)29-17-14-23-9-8-18-35-32(23)36-29/h6-11,14,17-18,20-22,24,28,30-31H,12-13,15-16,19H2,1-5H3. The molecule has 0 N–H and O–H groups in total. The first-order valence-electron chi connectivity index (χ1n) is 15.0. The van der Waals surface area contributed by atoms with Crippen molar-refractivity contribution in [1.82, 2.24) is 9.97 Å². The Kier molecular flexibility index (Phi) is 8.52. The van der Waals surface area contributed by atoms with E-state index in [4.69, 9.17) is 9.72 Å². The first kappa shape index (κ1) is 28.9. The van der Waals surface area contributed by atoms with Gasteiger partial charge in [0, 0.05) is 23.6 Å². The van der Waals surface area contributed by atoms with Crippen molar-refractivity contribution in [2.24, 2.45) is 29.6 Å². The van der Waals surface area contributed by atoms with E-state index in [9.17, 15) is 14.4 Å². The molecule has 0 saturated heterocycles. The van der Waals surface area contributed by atoms with Crippen LogP contribution in [-0.4, -0.2) is 33.7 Å². The summed E-state index contributed by atoms with van der Waals surface area (Å²) in [5.74, 6) is -0.489. The van der Waals surface area contributed by atoms with Crippen LogP contribution >= 0.6 is 0 Å². The maximum atomic E-state index is 14.3. The molecule has 216 valence electrons. The van der Waals surface area contributed by atoms with Gasteiger partial charge in [-0.2, -0.15) is 0 Å². The first-order chi connectivity index (χ1) is 19.7. The van der Waals surface area contributed by atoms with E-state index in [1.165, 1.54) is 4.90 Å². The molecular formula is C34H41N3O4. The summed E-state index contributed by atoms with van der Waals surface area (Å²) in [5.41, 5.74) is 1.62. The molecule has 1 fully saturated rings. The smallest absolute Gasteiger partial charge is 0.319 e. The quantitative estimate of drug-likeness (QED) is 0.210. The molecule has 0 radical (unpaired) electrons. The van der Waals surface area contributed by atoms with E-state index in [1.807, 2.05) is 30.3 Å². The van der Waals surface area contributed by atoms with Gasteiger partial charge in [-0.15, -0.1) is 0 Å². The van der Waals surface area contributed by atoms with Crippen LogP contribution in [0.4, 0.5) is 5.82 Å². The molecule has 7 heteroatoms. The van der Waals surface area contributed by atoms with Crippen molar-refractivity contribution in [3.63, 3.8) is 0 Å². The van der Waals surface area contributed by atoms with E-state index < -0.39 is 17.9 Å². The van der Waals surface area contributed by atoms with E-state index >= 15 is 0 Å². The Morgan fingerprint density at radius 1 is 1.02 bits per heavy atom. The predicted molar refractivity (Wildman–Crippen MR) is 159 cm³/mol. The molecule has 3 heterocycles. The number of nitrogens with zero attached hydrogens (tertiary/aromatic N) is 3. The van der Waals surface area contributed by atoms with Gasteiger partial charge >= 0.3 is 5.97 Å². The number of carbonyl (C=O) groups is 3. The normalized spacial score (nSPS) is 23.2. The minimum atomic E-state index is -1.16. The summed E-state index contributed by atoms with van der Waals surface area (Å²) in [6, 6.07) is 13.8. The summed E-state index contributed by atoms with van der Waals surface area (Å²) in [7, 11) is 0. The van der Waals surface area contributed by atoms with E-state index in [2.05, 4.69) is 39.6 Å². The molecule has 3 aromatic rings. The van der Waals surface area contributed by atoms with E-state index in [1.54, 1.807) is 24.4 Å². The molecule has 1 aromatic carbocycles. The van der Waals surface area contributed by atoms with Crippen LogP contribution in [0, 0.1) is 29.6 Å². The van der Waals surface area contributed by atoms with E-state index in [-0.39, 0.29) is 30.1 Å². The average Bonchev–Trinajstić information content (AvgIpc) is 3.23. The molecular weight excluding hydrogens is 514 g/mol. The zero-order valence-corrected chi connectivity index (χ0v) is 24.7. The van der Waals surface area contributed by atoms with Crippen molar-refractivity contribution in [2.45, 2.75) is 78.9 Å². The van der Waals surface area contributed by atoms with Crippen LogP contribution in [0.5, 0.6) is 0 Å². The number of benzene rings is 1. The fourth-order valence-corrected chi connectivity index (χ4v) is 6.49. The van der Waals surface area contributed by atoms with Gasteiger partial charge in [0.05, 0.1) is 6.04 Å². The fraction of sp³-hybridized carbons (Fsp3) is 0.500. The molecule has 1 amide bonds. The van der Waals surface area contributed by atoms with Crippen LogP contribution in [0.2, 0.25) is 0 Å². The lowest BCUT2D eigenvalue weighted by molar-refractivity contribution is -0.164. The second-order valence-electron chi connectivity index (χ2n) is 12.6. The highest BCUT2D eigenvalue weighted by Crippen LogP contribution is 2.44. The zero-order valence-electron chi connectivity index (χ0n) is 24.7. The van der Waals surface area contributed by atoms with Crippen molar-refractivity contribution in [2.75, 3.05) is 4.90 Å². The third kappa shape index (κ3) is 5.90. The Hall–Kier alpha value is -3.61. The fourth-order valence-electron chi connectivity index (χ4n) is 6.49. The first-order valence-corrected chi connectivity index (χ1v) is 15.0. The second-order valence-corrected chi connectivity index (χ2v) is 12.6. The monoisotopic (exact) mass is 555 g/mol. The summed E-state index contributed by atoms with van der Waals surface area (Å²) in [4.78, 5) is 52.8. The molecule has 0 spiro atoms. The SMILES string of the molecule is CC(C)CCC(=O)C(C(=O)OC1CC(C)CCC1C(C)C)C1c2ccccc2C(=O)N1c1ccc2cccnc2n1. The van der Waals surface area contributed by atoms with Gasteiger partial charge in [-0.05, 0) is 78.8 Å². The van der Waals surface area contributed by atoms with Gasteiger partial charge in [0.15, 0.2) is 5.65 Å². The maximum Gasteiger partial charge on any atom is 0.319 e. The number of rotatable bonds is 9. The molecule has 1 aliphatic heterocycles. The second kappa shape index (κ2) is 12.1. The highest BCUT2D eigenvalue weighted by atomic mass is 16.5. The minimum Gasteiger partial charge on any atom is -0.461 e. The van der Waals surface area contributed by atoms with Crippen molar-refractivity contribution in [1.29, 1.82) is 0 Å². The van der Waals surface area contributed by atoms with Gasteiger partial charge in [-0.3, -0.25) is 19.3 Å². The molecule has 2 aromatic heterocycles.